The molecule has 5 rings (SSSR count). The summed E-state index contributed by atoms with van der Waals surface area (Å²) < 4.78 is 0. The Morgan fingerprint density at radius 3 is 3.00 bits per heavy atom. The maximum atomic E-state index is 12.9. The number of nitrogens with zero attached hydrogens (tertiary/aromatic N) is 5. The van der Waals surface area contributed by atoms with Crippen LogP contribution in [0.4, 0.5) is 5.82 Å². The smallest absolute Gasteiger partial charge is 0.228 e. The van der Waals surface area contributed by atoms with Gasteiger partial charge in [0.15, 0.2) is 0 Å². The van der Waals surface area contributed by atoms with Gasteiger partial charge in [-0.2, -0.15) is 5.26 Å². The van der Waals surface area contributed by atoms with Crippen LogP contribution in [-0.4, -0.2) is 39.9 Å². The van der Waals surface area contributed by atoms with E-state index in [2.05, 4.69) is 20.9 Å². The van der Waals surface area contributed by atoms with Gasteiger partial charge in [0, 0.05) is 30.2 Å². The highest BCUT2D eigenvalue weighted by molar-refractivity contribution is 7.07. The van der Waals surface area contributed by atoms with E-state index in [1.54, 1.807) is 16.8 Å². The first-order valence-corrected chi connectivity index (χ1v) is 9.40. The molecule has 25 heavy (non-hydrogen) atoms. The van der Waals surface area contributed by atoms with Gasteiger partial charge in [-0.25, -0.2) is 9.97 Å². The lowest BCUT2D eigenvalue weighted by atomic mass is 9.94. The summed E-state index contributed by atoms with van der Waals surface area (Å²) >= 11 is 1.55. The van der Waals surface area contributed by atoms with Gasteiger partial charge < -0.3 is 9.80 Å². The second-order valence-electron chi connectivity index (χ2n) is 6.71. The van der Waals surface area contributed by atoms with Crippen LogP contribution in [0, 0.1) is 24.2 Å². The lowest BCUT2D eigenvalue weighted by Gasteiger charge is -2.35. The molecule has 7 heteroatoms. The molecule has 2 aromatic heterocycles. The van der Waals surface area contributed by atoms with Crippen LogP contribution >= 0.6 is 11.3 Å². The van der Waals surface area contributed by atoms with Crippen LogP contribution in [0.25, 0.3) is 0 Å². The number of hydrogen-bond acceptors (Lipinski definition) is 6. The first kappa shape index (κ1) is 16.0. The van der Waals surface area contributed by atoms with Crippen molar-refractivity contribution in [2.24, 2.45) is 5.92 Å². The van der Waals surface area contributed by atoms with Crippen molar-refractivity contribution in [3.63, 3.8) is 0 Å². The Morgan fingerprint density at radius 2 is 2.24 bits per heavy atom. The zero-order valence-electron chi connectivity index (χ0n) is 14.1. The van der Waals surface area contributed by atoms with Gasteiger partial charge in [0.2, 0.25) is 5.91 Å². The van der Waals surface area contributed by atoms with Crippen molar-refractivity contribution < 1.29 is 4.79 Å². The summed E-state index contributed by atoms with van der Waals surface area (Å²) in [7, 11) is 0. The maximum Gasteiger partial charge on any atom is 0.228 e. The normalized spacial score (nSPS) is 22.8. The topological polar surface area (TPSA) is 73.1 Å². The molecular weight excluding hydrogens is 334 g/mol. The third-order valence-corrected chi connectivity index (χ3v) is 5.68. The van der Waals surface area contributed by atoms with Gasteiger partial charge in [-0.3, -0.25) is 4.79 Å². The van der Waals surface area contributed by atoms with E-state index in [1.807, 2.05) is 29.3 Å². The summed E-state index contributed by atoms with van der Waals surface area (Å²) in [6.45, 7) is 3.85. The van der Waals surface area contributed by atoms with Gasteiger partial charge in [-0.1, -0.05) is 0 Å². The van der Waals surface area contributed by atoms with Gasteiger partial charge in [0.1, 0.15) is 11.9 Å². The van der Waals surface area contributed by atoms with Crippen molar-refractivity contribution in [1.82, 2.24) is 14.9 Å². The molecule has 0 spiro atoms. The minimum Gasteiger partial charge on any atom is -0.353 e. The van der Waals surface area contributed by atoms with Crippen LogP contribution in [0.5, 0.6) is 0 Å². The Labute approximate surface area is 150 Å². The van der Waals surface area contributed by atoms with Gasteiger partial charge in [0.05, 0.1) is 29.2 Å². The molecule has 6 nitrogen and oxygen atoms in total. The highest BCUT2D eigenvalue weighted by Gasteiger charge is 2.41. The average Bonchev–Trinajstić information content (AvgIpc) is 2.98. The summed E-state index contributed by atoms with van der Waals surface area (Å²) in [5.41, 5.74) is 4.21. The van der Waals surface area contributed by atoms with E-state index < -0.39 is 0 Å². The van der Waals surface area contributed by atoms with Gasteiger partial charge in [-0.15, -0.1) is 11.3 Å². The van der Waals surface area contributed by atoms with Crippen LogP contribution in [-0.2, 0) is 11.3 Å². The van der Waals surface area contributed by atoms with E-state index in [9.17, 15) is 10.1 Å². The Balaban J connectivity index is 1.64. The number of pyridine rings is 1. The van der Waals surface area contributed by atoms with Gasteiger partial charge >= 0.3 is 0 Å². The molecule has 3 saturated heterocycles. The molecule has 2 atom stereocenters. The van der Waals surface area contributed by atoms with E-state index in [1.165, 1.54) is 0 Å². The van der Waals surface area contributed by atoms with Crippen LogP contribution in [0.3, 0.4) is 0 Å². The SMILES string of the molecule is Cc1ccc(C#N)c(N2C[C@H]3CC[C@@H](C2)N(Cc2cscn2)C3=O)n1. The molecule has 128 valence electrons. The quantitative estimate of drug-likeness (QED) is 0.847. The number of rotatable bonds is 3. The van der Waals surface area contributed by atoms with E-state index in [4.69, 9.17) is 0 Å². The second kappa shape index (κ2) is 6.45. The number of aryl methyl sites for hydroxylation is 1. The van der Waals surface area contributed by atoms with Crippen molar-refractivity contribution in [1.29, 1.82) is 5.26 Å². The number of thiazole rings is 1. The molecule has 2 aromatic rings. The number of nitriles is 1. The van der Waals surface area contributed by atoms with E-state index >= 15 is 0 Å². The van der Waals surface area contributed by atoms with Crippen LogP contribution in [0.2, 0.25) is 0 Å². The monoisotopic (exact) mass is 353 g/mol. The maximum absolute atomic E-state index is 12.9. The van der Waals surface area contributed by atoms with Crippen LogP contribution in [0.1, 0.15) is 29.8 Å². The molecule has 0 radical (unpaired) electrons. The Kier molecular flexibility index (Phi) is 4.14. The Morgan fingerprint density at radius 1 is 1.36 bits per heavy atom. The zero-order valence-corrected chi connectivity index (χ0v) is 14.9. The van der Waals surface area contributed by atoms with Crippen molar-refractivity contribution in [3.05, 3.63) is 40.0 Å². The minimum atomic E-state index is -0.0359. The Bertz CT molecular complexity index is 828. The molecule has 0 unspecified atom stereocenters. The predicted octanol–water partition coefficient (Wildman–Crippen LogP) is 2.35. The molecule has 2 bridgehead atoms. The molecule has 3 aliphatic heterocycles. The molecule has 0 aliphatic carbocycles. The van der Waals surface area contributed by atoms with Crippen LogP contribution in [0.15, 0.2) is 23.0 Å². The number of aromatic nitrogens is 2. The molecular formula is C18H19N5OS. The summed E-state index contributed by atoms with van der Waals surface area (Å²) in [4.78, 5) is 26.0. The highest BCUT2D eigenvalue weighted by Crippen LogP contribution is 2.33. The number of hydrogen-bond donors (Lipinski definition) is 0. The number of fused-ring (bicyclic) bond motifs is 4. The minimum absolute atomic E-state index is 0.0359. The summed E-state index contributed by atoms with van der Waals surface area (Å²) in [6, 6.07) is 6.05. The Hall–Kier alpha value is -2.46. The van der Waals surface area contributed by atoms with Gasteiger partial charge in [-0.05, 0) is 31.9 Å². The van der Waals surface area contributed by atoms with E-state index in [-0.39, 0.29) is 17.9 Å². The fourth-order valence-electron chi connectivity index (χ4n) is 3.78. The van der Waals surface area contributed by atoms with Crippen LogP contribution < -0.4 is 4.90 Å². The molecule has 3 fully saturated rings. The number of carbonyl (C=O) groups is 1. The number of carbonyl (C=O) groups excluding carboxylic acids is 1. The largest absolute Gasteiger partial charge is 0.353 e. The van der Waals surface area contributed by atoms with Crippen molar-refractivity contribution in [2.75, 3.05) is 18.0 Å². The van der Waals surface area contributed by atoms with Gasteiger partial charge in [0.25, 0.3) is 0 Å². The first-order valence-electron chi connectivity index (χ1n) is 8.46. The summed E-state index contributed by atoms with van der Waals surface area (Å²) in [5.74, 6) is 0.881. The molecule has 5 heterocycles. The summed E-state index contributed by atoms with van der Waals surface area (Å²) in [5, 5.41) is 11.4. The predicted molar refractivity (Wildman–Crippen MR) is 95.1 cm³/mol. The van der Waals surface area contributed by atoms with E-state index in [0.717, 1.165) is 30.8 Å². The fraction of sp³-hybridized carbons (Fsp3) is 0.444. The summed E-state index contributed by atoms with van der Waals surface area (Å²) in [6.07, 6.45) is 1.89. The average molecular weight is 353 g/mol. The number of amides is 1. The molecule has 3 aliphatic rings. The van der Waals surface area contributed by atoms with Crippen molar-refractivity contribution >= 4 is 23.1 Å². The highest BCUT2D eigenvalue weighted by atomic mass is 32.1. The third kappa shape index (κ3) is 2.98. The molecule has 1 amide bonds. The standard InChI is InChI=1S/C18H19N5OS/c1-12-2-3-13(6-19)17(21-12)22-7-14-4-5-16(9-22)23(18(14)24)8-15-10-25-11-20-15/h2-3,10-11,14,16H,4-5,7-9H2,1H3/t14-,16+/m1/s1. The lowest BCUT2D eigenvalue weighted by molar-refractivity contribution is -0.140. The second-order valence-corrected chi connectivity index (χ2v) is 7.43. The first-order chi connectivity index (χ1) is 12.2. The van der Waals surface area contributed by atoms with Crippen molar-refractivity contribution in [3.8, 4) is 6.07 Å². The fourth-order valence-corrected chi connectivity index (χ4v) is 4.33. The zero-order chi connectivity index (χ0) is 17.4. The van der Waals surface area contributed by atoms with Crippen molar-refractivity contribution in [2.45, 2.75) is 32.4 Å². The number of piperidine rings is 1. The lowest BCUT2D eigenvalue weighted by Crippen LogP contribution is -2.47. The third-order valence-electron chi connectivity index (χ3n) is 5.04. The molecule has 0 N–H and O–H groups in total. The molecule has 0 saturated carbocycles. The number of anilines is 1. The van der Waals surface area contributed by atoms with E-state index in [0.29, 0.717) is 24.5 Å². The molecule has 0 aromatic carbocycles.